The average Bonchev–Trinajstić information content (AvgIpc) is 2.15. The van der Waals surface area contributed by atoms with E-state index in [4.69, 9.17) is 9.66 Å². The fourth-order valence-corrected chi connectivity index (χ4v) is 1.88. The Morgan fingerprint density at radius 2 is 2.00 bits per heavy atom. The fraction of sp³-hybridized carbons (Fsp3) is 0.400. The lowest BCUT2D eigenvalue weighted by molar-refractivity contribution is 0.288. The molecule has 0 atom stereocenters. The quantitative estimate of drug-likeness (QED) is 0.761. The van der Waals surface area contributed by atoms with Crippen LogP contribution in [0.2, 0.25) is 0 Å². The molecule has 1 rings (SSSR count). The highest BCUT2D eigenvalue weighted by atomic mass is 32.2. The van der Waals surface area contributed by atoms with Gasteiger partial charge in [-0.2, -0.15) is 8.42 Å². The first-order chi connectivity index (χ1) is 6.95. The number of aliphatic hydroxyl groups is 1. The highest BCUT2D eigenvalue weighted by Gasteiger charge is 2.10. The monoisotopic (exact) mass is 230 g/mol. The first-order valence-electron chi connectivity index (χ1n) is 4.63. The molecule has 0 amide bonds. The van der Waals surface area contributed by atoms with Crippen molar-refractivity contribution in [1.29, 1.82) is 0 Å². The Balaban J connectivity index is 3.06. The molecule has 1 aromatic carbocycles. The van der Waals surface area contributed by atoms with E-state index < -0.39 is 10.1 Å². The van der Waals surface area contributed by atoms with Crippen molar-refractivity contribution in [2.45, 2.75) is 24.7 Å². The van der Waals surface area contributed by atoms with Crippen LogP contribution < -0.4 is 0 Å². The normalized spacial score (nSPS) is 11.7. The highest BCUT2D eigenvalue weighted by molar-refractivity contribution is 7.85. The zero-order valence-corrected chi connectivity index (χ0v) is 9.29. The number of hydrogen-bond acceptors (Lipinski definition) is 3. The minimum Gasteiger partial charge on any atom is -0.396 e. The number of aliphatic hydroxyl groups excluding tert-OH is 1. The number of hydrogen-bond donors (Lipinski definition) is 2. The van der Waals surface area contributed by atoms with Crippen molar-refractivity contribution >= 4 is 10.1 Å². The topological polar surface area (TPSA) is 74.6 Å². The van der Waals surface area contributed by atoms with Crippen LogP contribution >= 0.6 is 0 Å². The Hall–Kier alpha value is -0.910. The minimum atomic E-state index is -4.13. The molecule has 15 heavy (non-hydrogen) atoms. The molecule has 0 fully saturated rings. The molecule has 2 N–H and O–H groups in total. The first-order valence-corrected chi connectivity index (χ1v) is 6.07. The summed E-state index contributed by atoms with van der Waals surface area (Å²) < 4.78 is 30.6. The van der Waals surface area contributed by atoms with Gasteiger partial charge in [0.05, 0.1) is 4.90 Å². The van der Waals surface area contributed by atoms with E-state index in [1.54, 1.807) is 6.07 Å². The summed E-state index contributed by atoms with van der Waals surface area (Å²) in [4.78, 5) is -0.0963. The van der Waals surface area contributed by atoms with E-state index in [1.165, 1.54) is 12.1 Å². The molecule has 0 unspecified atom stereocenters. The third kappa shape index (κ3) is 3.30. The van der Waals surface area contributed by atoms with Gasteiger partial charge in [0.25, 0.3) is 10.1 Å². The smallest absolute Gasteiger partial charge is 0.294 e. The van der Waals surface area contributed by atoms with Crippen molar-refractivity contribution in [3.8, 4) is 0 Å². The van der Waals surface area contributed by atoms with Gasteiger partial charge >= 0.3 is 0 Å². The van der Waals surface area contributed by atoms with Gasteiger partial charge in [-0.25, -0.2) is 0 Å². The lowest BCUT2D eigenvalue weighted by atomic mass is 10.0. The van der Waals surface area contributed by atoms with Crippen molar-refractivity contribution in [2.24, 2.45) is 0 Å². The lowest BCUT2D eigenvalue weighted by Crippen LogP contribution is -2.01. The molecule has 1 aromatic rings. The highest BCUT2D eigenvalue weighted by Crippen LogP contribution is 2.16. The van der Waals surface area contributed by atoms with E-state index in [0.29, 0.717) is 12.8 Å². The zero-order valence-electron chi connectivity index (χ0n) is 8.47. The van der Waals surface area contributed by atoms with Gasteiger partial charge in [-0.3, -0.25) is 4.55 Å². The van der Waals surface area contributed by atoms with Crippen LogP contribution in [0.4, 0.5) is 0 Å². The molecule has 0 radical (unpaired) electrons. The summed E-state index contributed by atoms with van der Waals surface area (Å²) in [6, 6.07) is 4.46. The van der Waals surface area contributed by atoms with Crippen molar-refractivity contribution in [3.63, 3.8) is 0 Å². The molecular weight excluding hydrogens is 216 g/mol. The Bertz CT molecular complexity index is 437. The summed E-state index contributed by atoms with van der Waals surface area (Å²) >= 11 is 0. The average molecular weight is 230 g/mol. The lowest BCUT2D eigenvalue weighted by Gasteiger charge is -2.06. The summed E-state index contributed by atoms with van der Waals surface area (Å²) in [5, 5.41) is 8.68. The molecule has 5 heteroatoms. The maximum Gasteiger partial charge on any atom is 0.294 e. The molecule has 0 aromatic heterocycles. The Morgan fingerprint density at radius 1 is 1.33 bits per heavy atom. The van der Waals surface area contributed by atoms with Gasteiger partial charge in [0.1, 0.15) is 0 Å². The summed E-state index contributed by atoms with van der Waals surface area (Å²) in [7, 11) is -4.13. The van der Waals surface area contributed by atoms with Crippen LogP contribution in [0, 0.1) is 6.92 Å². The second kappa shape index (κ2) is 4.74. The molecule has 0 spiro atoms. The summed E-state index contributed by atoms with van der Waals surface area (Å²) in [6.45, 7) is 1.93. The maximum absolute atomic E-state index is 10.9. The van der Waals surface area contributed by atoms with E-state index in [-0.39, 0.29) is 11.5 Å². The van der Waals surface area contributed by atoms with Crippen LogP contribution in [0.3, 0.4) is 0 Å². The van der Waals surface area contributed by atoms with Gasteiger partial charge in [-0.05, 0) is 43.0 Å². The van der Waals surface area contributed by atoms with E-state index in [9.17, 15) is 8.42 Å². The van der Waals surface area contributed by atoms with Crippen molar-refractivity contribution in [3.05, 3.63) is 29.3 Å². The standard InChI is InChI=1S/C10H14O4S/c1-8-4-5-10(15(12,13)14)7-9(8)3-2-6-11/h4-5,7,11H,2-3,6H2,1H3,(H,12,13,14). The Labute approximate surface area is 89.3 Å². The molecule has 0 saturated carbocycles. The first kappa shape index (κ1) is 12.2. The molecule has 0 bridgehead atoms. The predicted molar refractivity (Wildman–Crippen MR) is 56.4 cm³/mol. The maximum atomic E-state index is 10.9. The van der Waals surface area contributed by atoms with Gasteiger partial charge < -0.3 is 5.11 Å². The molecule has 0 aliphatic carbocycles. The van der Waals surface area contributed by atoms with E-state index >= 15 is 0 Å². The van der Waals surface area contributed by atoms with Crippen LogP contribution in [0.1, 0.15) is 17.5 Å². The number of aryl methyl sites for hydroxylation is 2. The summed E-state index contributed by atoms with van der Waals surface area (Å²) in [5.74, 6) is 0. The fourth-order valence-electron chi connectivity index (χ4n) is 1.35. The second-order valence-electron chi connectivity index (χ2n) is 3.39. The van der Waals surface area contributed by atoms with Gasteiger partial charge in [-0.1, -0.05) is 6.07 Å². The third-order valence-corrected chi connectivity index (χ3v) is 3.07. The molecule has 84 valence electrons. The van der Waals surface area contributed by atoms with Crippen molar-refractivity contribution in [2.75, 3.05) is 6.61 Å². The minimum absolute atomic E-state index is 0.0650. The van der Waals surface area contributed by atoms with Crippen LogP contribution in [0.25, 0.3) is 0 Å². The van der Waals surface area contributed by atoms with E-state index in [0.717, 1.165) is 11.1 Å². The predicted octanol–water partition coefficient (Wildman–Crippen LogP) is 1.17. The molecule has 0 aliphatic rings. The molecule has 0 aliphatic heterocycles. The van der Waals surface area contributed by atoms with Crippen molar-refractivity contribution < 1.29 is 18.1 Å². The van der Waals surface area contributed by atoms with E-state index in [1.807, 2.05) is 6.92 Å². The molecular formula is C10H14O4S. The number of rotatable bonds is 4. The Morgan fingerprint density at radius 3 is 2.53 bits per heavy atom. The molecule has 4 nitrogen and oxygen atoms in total. The van der Waals surface area contributed by atoms with Crippen LogP contribution in [-0.4, -0.2) is 24.7 Å². The van der Waals surface area contributed by atoms with Crippen LogP contribution in [0.5, 0.6) is 0 Å². The van der Waals surface area contributed by atoms with Gasteiger partial charge in [0.15, 0.2) is 0 Å². The van der Waals surface area contributed by atoms with Crippen LogP contribution in [0.15, 0.2) is 23.1 Å². The zero-order chi connectivity index (χ0) is 11.5. The van der Waals surface area contributed by atoms with E-state index in [2.05, 4.69) is 0 Å². The largest absolute Gasteiger partial charge is 0.396 e. The molecule has 0 heterocycles. The van der Waals surface area contributed by atoms with Gasteiger partial charge in [0.2, 0.25) is 0 Å². The van der Waals surface area contributed by atoms with Crippen molar-refractivity contribution in [1.82, 2.24) is 0 Å². The van der Waals surface area contributed by atoms with Crippen LogP contribution in [-0.2, 0) is 16.5 Å². The SMILES string of the molecule is Cc1ccc(S(=O)(=O)O)cc1CCCO. The molecule has 0 saturated heterocycles. The van der Waals surface area contributed by atoms with Gasteiger partial charge in [0, 0.05) is 6.61 Å². The number of benzene rings is 1. The van der Waals surface area contributed by atoms with Gasteiger partial charge in [-0.15, -0.1) is 0 Å². The second-order valence-corrected chi connectivity index (χ2v) is 4.81. The Kier molecular flexibility index (Phi) is 3.84. The summed E-state index contributed by atoms with van der Waals surface area (Å²) in [5.41, 5.74) is 1.79. The summed E-state index contributed by atoms with van der Waals surface area (Å²) in [6.07, 6.45) is 1.18. The third-order valence-electron chi connectivity index (χ3n) is 2.22.